The van der Waals surface area contributed by atoms with Gasteiger partial charge < -0.3 is 10.2 Å². The molecule has 0 bridgehead atoms. The lowest BCUT2D eigenvalue weighted by atomic mass is 10.1. The summed E-state index contributed by atoms with van der Waals surface area (Å²) in [5, 5.41) is 17.5. The minimum Gasteiger partial charge on any atom is -0.393 e. The van der Waals surface area contributed by atoms with Crippen molar-refractivity contribution in [3.8, 4) is 0 Å². The van der Waals surface area contributed by atoms with Crippen molar-refractivity contribution < 1.29 is 10.2 Å². The lowest BCUT2D eigenvalue weighted by Crippen LogP contribution is -2.12. The van der Waals surface area contributed by atoms with Crippen LogP contribution in [0.3, 0.4) is 0 Å². The molecule has 0 aliphatic carbocycles. The SMILES string of the molecule is CC=CC=C(C)[C@H](O)CO. The Balaban J connectivity index is 3.91. The van der Waals surface area contributed by atoms with Gasteiger partial charge >= 0.3 is 0 Å². The average molecular weight is 142 g/mol. The van der Waals surface area contributed by atoms with Crippen LogP contribution in [0.25, 0.3) is 0 Å². The van der Waals surface area contributed by atoms with E-state index in [1.54, 1.807) is 13.0 Å². The molecule has 0 aromatic heterocycles. The molecule has 0 aromatic carbocycles. The van der Waals surface area contributed by atoms with Gasteiger partial charge in [-0.1, -0.05) is 18.2 Å². The highest BCUT2D eigenvalue weighted by molar-refractivity contribution is 5.13. The lowest BCUT2D eigenvalue weighted by molar-refractivity contribution is 0.122. The number of allylic oxidation sites excluding steroid dienone is 3. The molecule has 0 fully saturated rings. The minimum atomic E-state index is -0.712. The maximum atomic E-state index is 9.00. The Hall–Kier alpha value is -0.600. The first-order valence-electron chi connectivity index (χ1n) is 3.30. The zero-order chi connectivity index (χ0) is 7.98. The third-order valence-corrected chi connectivity index (χ3v) is 1.25. The van der Waals surface area contributed by atoms with Crippen molar-refractivity contribution in [1.29, 1.82) is 0 Å². The second-order valence-corrected chi connectivity index (χ2v) is 2.13. The van der Waals surface area contributed by atoms with Gasteiger partial charge in [0.05, 0.1) is 12.7 Å². The molecule has 0 heterocycles. The van der Waals surface area contributed by atoms with E-state index in [0.29, 0.717) is 0 Å². The molecule has 0 spiro atoms. The van der Waals surface area contributed by atoms with Crippen molar-refractivity contribution in [1.82, 2.24) is 0 Å². The maximum absolute atomic E-state index is 9.00. The first-order valence-corrected chi connectivity index (χ1v) is 3.30. The molecule has 2 heteroatoms. The fraction of sp³-hybridized carbons (Fsp3) is 0.500. The molecule has 1 atom stereocenters. The van der Waals surface area contributed by atoms with Gasteiger partial charge in [0, 0.05) is 0 Å². The normalized spacial score (nSPS) is 16.2. The average Bonchev–Trinajstić information content (AvgIpc) is 1.98. The second-order valence-electron chi connectivity index (χ2n) is 2.13. The van der Waals surface area contributed by atoms with Crippen LogP contribution in [-0.2, 0) is 0 Å². The summed E-state index contributed by atoms with van der Waals surface area (Å²) in [6.45, 7) is 3.47. The molecular formula is C8H14O2. The monoisotopic (exact) mass is 142 g/mol. The predicted molar refractivity (Wildman–Crippen MR) is 41.7 cm³/mol. The van der Waals surface area contributed by atoms with Gasteiger partial charge in [-0.25, -0.2) is 0 Å². The molecule has 2 N–H and O–H groups in total. The zero-order valence-electron chi connectivity index (χ0n) is 6.41. The molecule has 0 unspecified atom stereocenters. The standard InChI is InChI=1S/C8H14O2/c1-3-4-5-7(2)8(10)6-9/h3-5,8-10H,6H2,1-2H3/t8-/m1/s1. The molecule has 0 radical (unpaired) electrons. The highest BCUT2D eigenvalue weighted by Gasteiger charge is 2.00. The van der Waals surface area contributed by atoms with E-state index >= 15 is 0 Å². The molecular weight excluding hydrogens is 128 g/mol. The summed E-state index contributed by atoms with van der Waals surface area (Å²) in [5.74, 6) is 0. The van der Waals surface area contributed by atoms with Gasteiger partial charge in [-0.15, -0.1) is 0 Å². The van der Waals surface area contributed by atoms with Crippen LogP contribution in [0.5, 0.6) is 0 Å². The Labute approximate surface area is 61.5 Å². The van der Waals surface area contributed by atoms with Crippen LogP contribution in [-0.4, -0.2) is 22.9 Å². The Morgan fingerprint density at radius 3 is 2.60 bits per heavy atom. The molecule has 10 heavy (non-hydrogen) atoms. The largest absolute Gasteiger partial charge is 0.393 e. The smallest absolute Gasteiger partial charge is 0.0981 e. The Morgan fingerprint density at radius 2 is 2.20 bits per heavy atom. The van der Waals surface area contributed by atoms with Crippen molar-refractivity contribution >= 4 is 0 Å². The maximum Gasteiger partial charge on any atom is 0.0981 e. The summed E-state index contributed by atoms with van der Waals surface area (Å²) < 4.78 is 0. The number of aliphatic hydroxyl groups excluding tert-OH is 2. The van der Waals surface area contributed by atoms with E-state index < -0.39 is 6.10 Å². The van der Waals surface area contributed by atoms with E-state index in [-0.39, 0.29) is 6.61 Å². The van der Waals surface area contributed by atoms with E-state index in [2.05, 4.69) is 0 Å². The van der Waals surface area contributed by atoms with E-state index in [0.717, 1.165) is 5.57 Å². The van der Waals surface area contributed by atoms with Gasteiger partial charge in [0.25, 0.3) is 0 Å². The summed E-state index contributed by atoms with van der Waals surface area (Å²) in [7, 11) is 0. The molecule has 2 nitrogen and oxygen atoms in total. The van der Waals surface area contributed by atoms with E-state index in [1.165, 1.54) is 0 Å². The number of aliphatic hydroxyl groups is 2. The van der Waals surface area contributed by atoms with Gasteiger partial charge in [0.15, 0.2) is 0 Å². The highest BCUT2D eigenvalue weighted by atomic mass is 16.3. The van der Waals surface area contributed by atoms with E-state index in [1.807, 2.05) is 19.1 Å². The highest BCUT2D eigenvalue weighted by Crippen LogP contribution is 1.99. The van der Waals surface area contributed by atoms with Gasteiger partial charge in [0.1, 0.15) is 0 Å². The Bertz CT molecular complexity index is 136. The summed E-state index contributed by atoms with van der Waals surface area (Å²) in [6.07, 6.45) is 4.76. The first kappa shape index (κ1) is 9.40. The van der Waals surface area contributed by atoms with Crippen LogP contribution < -0.4 is 0 Å². The van der Waals surface area contributed by atoms with Crippen molar-refractivity contribution in [3.63, 3.8) is 0 Å². The van der Waals surface area contributed by atoms with Gasteiger partial charge in [-0.2, -0.15) is 0 Å². The van der Waals surface area contributed by atoms with Crippen LogP contribution in [0.15, 0.2) is 23.8 Å². The Morgan fingerprint density at radius 1 is 1.60 bits per heavy atom. The fourth-order valence-corrected chi connectivity index (χ4v) is 0.503. The molecule has 0 aliphatic rings. The van der Waals surface area contributed by atoms with Crippen molar-refractivity contribution in [2.24, 2.45) is 0 Å². The van der Waals surface area contributed by atoms with Crippen LogP contribution in [0.1, 0.15) is 13.8 Å². The molecule has 0 rings (SSSR count). The zero-order valence-corrected chi connectivity index (χ0v) is 6.41. The van der Waals surface area contributed by atoms with Gasteiger partial charge in [-0.3, -0.25) is 0 Å². The summed E-state index contributed by atoms with van der Waals surface area (Å²) >= 11 is 0. The number of hydrogen-bond acceptors (Lipinski definition) is 2. The summed E-state index contributed by atoms with van der Waals surface area (Å²) in [6, 6.07) is 0. The second kappa shape index (κ2) is 5.21. The summed E-state index contributed by atoms with van der Waals surface area (Å²) in [4.78, 5) is 0. The Kier molecular flexibility index (Phi) is 4.89. The molecule has 0 aromatic rings. The molecule has 0 saturated carbocycles. The van der Waals surface area contributed by atoms with Crippen LogP contribution in [0.2, 0.25) is 0 Å². The number of hydrogen-bond donors (Lipinski definition) is 2. The third kappa shape index (κ3) is 3.43. The van der Waals surface area contributed by atoms with E-state index in [9.17, 15) is 0 Å². The molecule has 0 amide bonds. The predicted octanol–water partition coefficient (Wildman–Crippen LogP) is 0.862. The van der Waals surface area contributed by atoms with Crippen molar-refractivity contribution in [2.45, 2.75) is 20.0 Å². The van der Waals surface area contributed by atoms with Crippen LogP contribution in [0, 0.1) is 0 Å². The quantitative estimate of drug-likeness (QED) is 0.574. The van der Waals surface area contributed by atoms with Crippen LogP contribution in [0.4, 0.5) is 0 Å². The summed E-state index contributed by atoms with van der Waals surface area (Å²) in [5.41, 5.74) is 0.778. The topological polar surface area (TPSA) is 40.5 Å². The van der Waals surface area contributed by atoms with Crippen molar-refractivity contribution in [3.05, 3.63) is 23.8 Å². The van der Waals surface area contributed by atoms with Gasteiger partial charge in [-0.05, 0) is 19.4 Å². The minimum absolute atomic E-state index is 0.208. The third-order valence-electron chi connectivity index (χ3n) is 1.25. The van der Waals surface area contributed by atoms with Crippen LogP contribution >= 0.6 is 0 Å². The lowest BCUT2D eigenvalue weighted by Gasteiger charge is -2.04. The van der Waals surface area contributed by atoms with Crippen molar-refractivity contribution in [2.75, 3.05) is 6.61 Å². The number of rotatable bonds is 3. The first-order chi connectivity index (χ1) is 4.72. The molecule has 58 valence electrons. The molecule has 0 saturated heterocycles. The molecule has 0 aliphatic heterocycles. The van der Waals surface area contributed by atoms with E-state index in [4.69, 9.17) is 10.2 Å². The fourth-order valence-electron chi connectivity index (χ4n) is 0.503. The van der Waals surface area contributed by atoms with Gasteiger partial charge in [0.2, 0.25) is 0 Å².